The van der Waals surface area contributed by atoms with Crippen molar-refractivity contribution in [2.75, 3.05) is 39.3 Å². The van der Waals surface area contributed by atoms with E-state index >= 15 is 0 Å². The van der Waals surface area contributed by atoms with Crippen molar-refractivity contribution >= 4 is 5.91 Å². The van der Waals surface area contributed by atoms with Crippen molar-refractivity contribution in [2.24, 2.45) is 0 Å². The molecule has 4 nitrogen and oxygen atoms in total. The van der Waals surface area contributed by atoms with Gasteiger partial charge in [0.25, 0.3) is 0 Å². The lowest BCUT2D eigenvalue weighted by atomic mass is 10.2. The molecule has 0 aliphatic carbocycles. The molecule has 1 saturated heterocycles. The summed E-state index contributed by atoms with van der Waals surface area (Å²) >= 11 is 0. The molecule has 17 heavy (non-hydrogen) atoms. The van der Waals surface area contributed by atoms with Gasteiger partial charge in [-0.1, -0.05) is 13.0 Å². The van der Waals surface area contributed by atoms with E-state index in [4.69, 9.17) is 0 Å². The molecular formula is C13H25N3O. The molecule has 1 unspecified atom stereocenters. The lowest BCUT2D eigenvalue weighted by Gasteiger charge is -2.34. The number of nitrogens with zero attached hydrogens (tertiary/aromatic N) is 2. The predicted octanol–water partition coefficient (Wildman–Crippen LogP) is 0.705. The molecule has 0 bridgehead atoms. The van der Waals surface area contributed by atoms with Gasteiger partial charge >= 0.3 is 0 Å². The molecular weight excluding hydrogens is 214 g/mol. The second-order valence-electron chi connectivity index (χ2n) is 4.66. The molecule has 0 saturated carbocycles. The normalized spacial score (nSPS) is 19.1. The van der Waals surface area contributed by atoms with Gasteiger partial charge in [0.15, 0.2) is 0 Å². The van der Waals surface area contributed by atoms with Gasteiger partial charge in [-0.2, -0.15) is 0 Å². The van der Waals surface area contributed by atoms with Crippen LogP contribution in [0.4, 0.5) is 0 Å². The van der Waals surface area contributed by atoms with Gasteiger partial charge in [-0.25, -0.2) is 0 Å². The van der Waals surface area contributed by atoms with E-state index < -0.39 is 0 Å². The number of carbonyl (C=O) groups is 1. The van der Waals surface area contributed by atoms with Crippen LogP contribution in [0.25, 0.3) is 0 Å². The van der Waals surface area contributed by atoms with E-state index in [1.54, 1.807) is 0 Å². The Labute approximate surface area is 105 Å². The average molecular weight is 239 g/mol. The maximum atomic E-state index is 11.9. The highest BCUT2D eigenvalue weighted by Crippen LogP contribution is 2.01. The number of nitrogens with one attached hydrogen (secondary N) is 1. The molecule has 0 aromatic rings. The number of hydrogen-bond donors (Lipinski definition) is 1. The summed E-state index contributed by atoms with van der Waals surface area (Å²) in [5.74, 6) is 0.226. The fourth-order valence-electron chi connectivity index (χ4n) is 1.88. The summed E-state index contributed by atoms with van der Waals surface area (Å²) in [6, 6.07) is 0.418. The molecule has 1 fully saturated rings. The van der Waals surface area contributed by atoms with Crippen molar-refractivity contribution in [1.29, 1.82) is 0 Å². The van der Waals surface area contributed by atoms with Crippen molar-refractivity contribution < 1.29 is 4.79 Å². The maximum absolute atomic E-state index is 11.9. The Kier molecular flexibility index (Phi) is 6.22. The molecule has 0 radical (unpaired) electrons. The second-order valence-corrected chi connectivity index (χ2v) is 4.66. The van der Waals surface area contributed by atoms with Gasteiger partial charge in [0, 0.05) is 38.8 Å². The summed E-state index contributed by atoms with van der Waals surface area (Å²) < 4.78 is 0. The Morgan fingerprint density at radius 2 is 2.06 bits per heavy atom. The molecule has 1 rings (SSSR count). The van der Waals surface area contributed by atoms with Crippen LogP contribution >= 0.6 is 0 Å². The summed E-state index contributed by atoms with van der Waals surface area (Å²) in [6.07, 6.45) is 2.97. The van der Waals surface area contributed by atoms with Crippen LogP contribution in [-0.4, -0.2) is 61.0 Å². The van der Waals surface area contributed by atoms with Crippen molar-refractivity contribution in [3.05, 3.63) is 12.7 Å². The minimum atomic E-state index is 0.226. The zero-order valence-corrected chi connectivity index (χ0v) is 11.1. The van der Waals surface area contributed by atoms with Crippen LogP contribution in [0.2, 0.25) is 0 Å². The van der Waals surface area contributed by atoms with E-state index in [0.29, 0.717) is 12.6 Å². The van der Waals surface area contributed by atoms with E-state index in [9.17, 15) is 4.79 Å². The fraction of sp³-hybridized carbons (Fsp3) is 0.769. The molecule has 1 aliphatic heterocycles. The smallest absolute Gasteiger partial charge is 0.236 e. The minimum Gasteiger partial charge on any atom is -0.339 e. The molecule has 4 heteroatoms. The number of amides is 1. The van der Waals surface area contributed by atoms with Crippen LogP contribution < -0.4 is 5.32 Å². The van der Waals surface area contributed by atoms with Crippen LogP contribution in [-0.2, 0) is 4.79 Å². The van der Waals surface area contributed by atoms with Gasteiger partial charge < -0.3 is 10.2 Å². The van der Waals surface area contributed by atoms with Crippen molar-refractivity contribution in [3.8, 4) is 0 Å². The summed E-state index contributed by atoms with van der Waals surface area (Å²) in [7, 11) is 0. The summed E-state index contributed by atoms with van der Waals surface area (Å²) in [5.41, 5.74) is 0. The van der Waals surface area contributed by atoms with Crippen LogP contribution in [0.5, 0.6) is 0 Å². The molecule has 1 aliphatic rings. The SMILES string of the molecule is C=CCN1CCN(C(=O)CNC(C)CC)CC1. The predicted molar refractivity (Wildman–Crippen MR) is 71.0 cm³/mol. The maximum Gasteiger partial charge on any atom is 0.236 e. The quantitative estimate of drug-likeness (QED) is 0.693. The number of hydrogen-bond acceptors (Lipinski definition) is 3. The van der Waals surface area contributed by atoms with Gasteiger partial charge in [-0.15, -0.1) is 6.58 Å². The zero-order chi connectivity index (χ0) is 12.7. The zero-order valence-electron chi connectivity index (χ0n) is 11.1. The fourth-order valence-corrected chi connectivity index (χ4v) is 1.88. The second kappa shape index (κ2) is 7.45. The van der Waals surface area contributed by atoms with Gasteiger partial charge in [0.05, 0.1) is 6.54 Å². The van der Waals surface area contributed by atoms with Gasteiger partial charge in [-0.05, 0) is 13.3 Å². The largest absolute Gasteiger partial charge is 0.339 e. The first-order valence-electron chi connectivity index (χ1n) is 6.51. The third-order valence-corrected chi connectivity index (χ3v) is 3.33. The lowest BCUT2D eigenvalue weighted by molar-refractivity contribution is -0.132. The topological polar surface area (TPSA) is 35.6 Å². The molecule has 1 N–H and O–H groups in total. The van der Waals surface area contributed by atoms with Crippen LogP contribution in [0, 0.1) is 0 Å². The van der Waals surface area contributed by atoms with Crippen LogP contribution in [0.3, 0.4) is 0 Å². The molecule has 98 valence electrons. The molecule has 1 atom stereocenters. The van der Waals surface area contributed by atoms with E-state index in [1.807, 2.05) is 11.0 Å². The Morgan fingerprint density at radius 1 is 1.41 bits per heavy atom. The first kappa shape index (κ1) is 14.2. The summed E-state index contributed by atoms with van der Waals surface area (Å²) in [6.45, 7) is 13.0. The van der Waals surface area contributed by atoms with Gasteiger partial charge in [-0.3, -0.25) is 9.69 Å². The first-order valence-corrected chi connectivity index (χ1v) is 6.51. The highest BCUT2D eigenvalue weighted by atomic mass is 16.2. The molecule has 0 spiro atoms. The van der Waals surface area contributed by atoms with Gasteiger partial charge in [0.2, 0.25) is 5.91 Å². The third kappa shape index (κ3) is 4.88. The Morgan fingerprint density at radius 3 is 2.59 bits per heavy atom. The minimum absolute atomic E-state index is 0.226. The Bertz CT molecular complexity index is 247. The van der Waals surface area contributed by atoms with Crippen LogP contribution in [0.1, 0.15) is 20.3 Å². The third-order valence-electron chi connectivity index (χ3n) is 3.33. The Hall–Kier alpha value is -0.870. The van der Waals surface area contributed by atoms with Crippen molar-refractivity contribution in [1.82, 2.24) is 15.1 Å². The van der Waals surface area contributed by atoms with E-state index in [0.717, 1.165) is 39.1 Å². The molecule has 0 aromatic heterocycles. The number of carbonyl (C=O) groups excluding carboxylic acids is 1. The number of piperazine rings is 1. The standard InChI is InChI=1S/C13H25N3O/c1-4-6-15-7-9-16(10-8-15)13(17)11-14-12(3)5-2/h4,12,14H,1,5-11H2,2-3H3. The number of rotatable bonds is 6. The molecule has 1 heterocycles. The molecule has 0 aromatic carbocycles. The van der Waals surface area contributed by atoms with Crippen molar-refractivity contribution in [3.63, 3.8) is 0 Å². The average Bonchev–Trinajstić information content (AvgIpc) is 2.36. The van der Waals surface area contributed by atoms with E-state index in [2.05, 4.69) is 30.6 Å². The summed E-state index contributed by atoms with van der Waals surface area (Å²) in [5, 5.41) is 3.24. The highest BCUT2D eigenvalue weighted by Gasteiger charge is 2.19. The van der Waals surface area contributed by atoms with E-state index in [1.165, 1.54) is 0 Å². The Balaban J connectivity index is 2.23. The van der Waals surface area contributed by atoms with Crippen molar-refractivity contribution in [2.45, 2.75) is 26.3 Å². The lowest BCUT2D eigenvalue weighted by Crippen LogP contribution is -2.51. The van der Waals surface area contributed by atoms with Crippen LogP contribution in [0.15, 0.2) is 12.7 Å². The highest BCUT2D eigenvalue weighted by molar-refractivity contribution is 5.78. The van der Waals surface area contributed by atoms with Gasteiger partial charge in [0.1, 0.15) is 0 Å². The molecule has 1 amide bonds. The monoisotopic (exact) mass is 239 g/mol. The van der Waals surface area contributed by atoms with E-state index in [-0.39, 0.29) is 5.91 Å². The first-order chi connectivity index (χ1) is 8.17. The summed E-state index contributed by atoms with van der Waals surface area (Å²) in [4.78, 5) is 16.2.